The predicted octanol–water partition coefficient (Wildman–Crippen LogP) is 1.82. The summed E-state index contributed by atoms with van der Waals surface area (Å²) in [5, 5.41) is 2.78. The van der Waals surface area contributed by atoms with Crippen LogP contribution in [-0.4, -0.2) is 25.7 Å². The van der Waals surface area contributed by atoms with Crippen molar-refractivity contribution in [3.63, 3.8) is 0 Å². The zero-order chi connectivity index (χ0) is 12.3. The summed E-state index contributed by atoms with van der Waals surface area (Å²) in [5.41, 5.74) is 6.91. The third-order valence-electron chi connectivity index (χ3n) is 2.72. The molecule has 1 aromatic rings. The van der Waals surface area contributed by atoms with Gasteiger partial charge >= 0.3 is 0 Å². The van der Waals surface area contributed by atoms with E-state index in [4.69, 9.17) is 15.2 Å². The molecule has 1 heterocycles. The molecule has 100 valence electrons. The molecular formula is C12H17ClN2O3. The standard InChI is InChI=1S/C12H16N2O3.ClH/c1-16-10-5-4-8(7-9(10)13)14-12(15)11-3-2-6-17-11;/h4-5,7,11H,2-3,6,13H2,1H3,(H,14,15);1H. The van der Waals surface area contributed by atoms with Crippen molar-refractivity contribution in [2.45, 2.75) is 18.9 Å². The summed E-state index contributed by atoms with van der Waals surface area (Å²) in [5.74, 6) is 0.479. The van der Waals surface area contributed by atoms with Crippen LogP contribution in [0.4, 0.5) is 11.4 Å². The van der Waals surface area contributed by atoms with Crippen LogP contribution in [0.25, 0.3) is 0 Å². The molecule has 1 atom stereocenters. The van der Waals surface area contributed by atoms with Gasteiger partial charge in [0.1, 0.15) is 11.9 Å². The van der Waals surface area contributed by atoms with E-state index in [9.17, 15) is 4.79 Å². The second kappa shape index (κ2) is 6.47. The monoisotopic (exact) mass is 272 g/mol. The average Bonchev–Trinajstić information content (AvgIpc) is 2.82. The van der Waals surface area contributed by atoms with Gasteiger partial charge in [-0.1, -0.05) is 0 Å². The molecule has 0 aliphatic carbocycles. The minimum atomic E-state index is -0.335. The van der Waals surface area contributed by atoms with Crippen molar-refractivity contribution in [1.82, 2.24) is 0 Å². The molecule has 1 fully saturated rings. The van der Waals surface area contributed by atoms with Gasteiger partial charge < -0.3 is 20.5 Å². The van der Waals surface area contributed by atoms with Crippen LogP contribution in [0, 0.1) is 0 Å². The first kappa shape index (κ1) is 14.6. The Balaban J connectivity index is 0.00000162. The van der Waals surface area contributed by atoms with Crippen LogP contribution in [0.15, 0.2) is 18.2 Å². The topological polar surface area (TPSA) is 73.6 Å². The first-order valence-electron chi connectivity index (χ1n) is 5.56. The average molecular weight is 273 g/mol. The predicted molar refractivity (Wildman–Crippen MR) is 72.3 cm³/mol. The summed E-state index contributed by atoms with van der Waals surface area (Å²) in [6.07, 6.45) is 1.37. The number of anilines is 2. The lowest BCUT2D eigenvalue weighted by Gasteiger charge is -2.11. The van der Waals surface area contributed by atoms with Gasteiger partial charge in [0, 0.05) is 12.3 Å². The Kier molecular flexibility index (Phi) is 5.25. The molecule has 18 heavy (non-hydrogen) atoms. The molecule has 0 aromatic heterocycles. The van der Waals surface area contributed by atoms with E-state index in [0.717, 1.165) is 12.8 Å². The Morgan fingerprint density at radius 2 is 2.33 bits per heavy atom. The quantitative estimate of drug-likeness (QED) is 0.823. The maximum Gasteiger partial charge on any atom is 0.253 e. The fraction of sp³-hybridized carbons (Fsp3) is 0.417. The number of nitrogens with two attached hydrogens (primary N) is 1. The lowest BCUT2D eigenvalue weighted by molar-refractivity contribution is -0.124. The Bertz CT molecular complexity index is 420. The van der Waals surface area contributed by atoms with Gasteiger partial charge in [0.15, 0.2) is 0 Å². The first-order chi connectivity index (χ1) is 8.20. The fourth-order valence-corrected chi connectivity index (χ4v) is 1.82. The number of rotatable bonds is 3. The zero-order valence-electron chi connectivity index (χ0n) is 10.1. The Morgan fingerprint density at radius 3 is 2.89 bits per heavy atom. The van der Waals surface area contributed by atoms with Crippen molar-refractivity contribution in [3.8, 4) is 5.75 Å². The maximum atomic E-state index is 11.8. The Hall–Kier alpha value is -1.46. The van der Waals surface area contributed by atoms with Crippen molar-refractivity contribution >= 4 is 29.7 Å². The van der Waals surface area contributed by atoms with Crippen LogP contribution >= 0.6 is 12.4 Å². The molecule has 1 amide bonds. The van der Waals surface area contributed by atoms with Gasteiger partial charge in [0.05, 0.1) is 12.8 Å². The van der Waals surface area contributed by atoms with Gasteiger partial charge in [-0.25, -0.2) is 0 Å². The zero-order valence-corrected chi connectivity index (χ0v) is 11.0. The lowest BCUT2D eigenvalue weighted by Crippen LogP contribution is -2.26. The van der Waals surface area contributed by atoms with Crippen molar-refractivity contribution in [2.75, 3.05) is 24.8 Å². The molecule has 0 radical (unpaired) electrons. The summed E-state index contributed by atoms with van der Waals surface area (Å²) in [7, 11) is 1.55. The highest BCUT2D eigenvalue weighted by molar-refractivity contribution is 5.94. The number of methoxy groups -OCH3 is 1. The summed E-state index contributed by atoms with van der Waals surface area (Å²) in [6, 6.07) is 5.15. The molecule has 1 aliphatic rings. The van der Waals surface area contributed by atoms with Gasteiger partial charge in [-0.15, -0.1) is 12.4 Å². The van der Waals surface area contributed by atoms with E-state index in [1.54, 1.807) is 25.3 Å². The van der Waals surface area contributed by atoms with E-state index < -0.39 is 0 Å². The van der Waals surface area contributed by atoms with E-state index in [0.29, 0.717) is 23.7 Å². The molecule has 1 aliphatic heterocycles. The minimum absolute atomic E-state index is 0. The smallest absolute Gasteiger partial charge is 0.253 e. The van der Waals surface area contributed by atoms with E-state index in [-0.39, 0.29) is 24.4 Å². The van der Waals surface area contributed by atoms with Crippen LogP contribution in [0.1, 0.15) is 12.8 Å². The number of amides is 1. The van der Waals surface area contributed by atoms with E-state index >= 15 is 0 Å². The summed E-state index contributed by atoms with van der Waals surface area (Å²) in [4.78, 5) is 11.8. The maximum absolute atomic E-state index is 11.8. The highest BCUT2D eigenvalue weighted by Gasteiger charge is 2.23. The fourth-order valence-electron chi connectivity index (χ4n) is 1.82. The van der Waals surface area contributed by atoms with Crippen LogP contribution in [0.2, 0.25) is 0 Å². The van der Waals surface area contributed by atoms with Crippen LogP contribution in [-0.2, 0) is 9.53 Å². The Labute approximate surface area is 112 Å². The number of ether oxygens (including phenoxy) is 2. The number of hydrogen-bond acceptors (Lipinski definition) is 4. The minimum Gasteiger partial charge on any atom is -0.495 e. The van der Waals surface area contributed by atoms with Crippen LogP contribution in [0.5, 0.6) is 5.75 Å². The number of nitrogen functional groups attached to an aromatic ring is 1. The Morgan fingerprint density at radius 1 is 1.56 bits per heavy atom. The first-order valence-corrected chi connectivity index (χ1v) is 5.56. The largest absolute Gasteiger partial charge is 0.495 e. The van der Waals surface area contributed by atoms with E-state index in [2.05, 4.69) is 5.32 Å². The van der Waals surface area contributed by atoms with Crippen LogP contribution < -0.4 is 15.8 Å². The molecule has 1 aromatic carbocycles. The molecule has 0 bridgehead atoms. The normalized spacial score (nSPS) is 17.9. The molecule has 5 nitrogen and oxygen atoms in total. The number of nitrogens with one attached hydrogen (secondary N) is 1. The summed E-state index contributed by atoms with van der Waals surface area (Å²) >= 11 is 0. The summed E-state index contributed by atoms with van der Waals surface area (Å²) < 4.78 is 10.3. The number of carbonyl (C=O) groups excluding carboxylic acids is 1. The highest BCUT2D eigenvalue weighted by Crippen LogP contribution is 2.25. The van der Waals surface area contributed by atoms with Gasteiger partial charge in [-0.3, -0.25) is 4.79 Å². The third kappa shape index (κ3) is 3.27. The van der Waals surface area contributed by atoms with Crippen molar-refractivity contribution in [3.05, 3.63) is 18.2 Å². The third-order valence-corrected chi connectivity index (χ3v) is 2.72. The molecule has 0 spiro atoms. The second-order valence-electron chi connectivity index (χ2n) is 3.95. The lowest BCUT2D eigenvalue weighted by atomic mass is 10.2. The molecular weight excluding hydrogens is 256 g/mol. The van der Waals surface area contributed by atoms with Crippen molar-refractivity contribution < 1.29 is 14.3 Å². The molecule has 2 rings (SSSR count). The second-order valence-corrected chi connectivity index (χ2v) is 3.95. The highest BCUT2D eigenvalue weighted by atomic mass is 35.5. The summed E-state index contributed by atoms with van der Waals surface area (Å²) in [6.45, 7) is 0.656. The number of halogens is 1. The number of carbonyl (C=O) groups is 1. The molecule has 0 saturated carbocycles. The van der Waals surface area contributed by atoms with Crippen molar-refractivity contribution in [1.29, 1.82) is 0 Å². The number of hydrogen-bond donors (Lipinski definition) is 2. The van der Waals surface area contributed by atoms with Gasteiger partial charge in [0.2, 0.25) is 0 Å². The number of benzene rings is 1. The van der Waals surface area contributed by atoms with Crippen LogP contribution in [0.3, 0.4) is 0 Å². The SMILES string of the molecule is COc1ccc(NC(=O)C2CCCO2)cc1N.Cl. The van der Waals surface area contributed by atoms with Gasteiger partial charge in [-0.2, -0.15) is 0 Å². The van der Waals surface area contributed by atoms with E-state index in [1.807, 2.05) is 0 Å². The van der Waals surface area contributed by atoms with E-state index in [1.165, 1.54) is 0 Å². The van der Waals surface area contributed by atoms with Gasteiger partial charge in [-0.05, 0) is 31.0 Å². The molecule has 1 saturated heterocycles. The van der Waals surface area contributed by atoms with Crippen molar-refractivity contribution in [2.24, 2.45) is 0 Å². The molecule has 3 N–H and O–H groups in total. The molecule has 6 heteroatoms. The molecule has 1 unspecified atom stereocenters. The van der Waals surface area contributed by atoms with Gasteiger partial charge in [0.25, 0.3) is 5.91 Å².